The van der Waals surface area contributed by atoms with Gasteiger partial charge in [0.1, 0.15) is 10.8 Å². The molecule has 5 nitrogen and oxygen atoms in total. The number of rotatable bonds is 5. The van der Waals surface area contributed by atoms with Gasteiger partial charge in [0, 0.05) is 31.8 Å². The standard InChI is InChI=1S/C14H15Cl2N3O2/c1-19-11(8-10(15)13(19)16)14(20)17-7-6-9-4-3-5-12(18-9)21-2/h3-5,8H,6-7H2,1-2H3,(H,17,20). The zero-order chi connectivity index (χ0) is 15.4. The average molecular weight is 328 g/mol. The van der Waals surface area contributed by atoms with E-state index in [1.54, 1.807) is 30.9 Å². The maximum Gasteiger partial charge on any atom is 0.268 e. The minimum absolute atomic E-state index is 0.228. The number of pyridine rings is 1. The van der Waals surface area contributed by atoms with Gasteiger partial charge in [-0.25, -0.2) is 4.98 Å². The number of ether oxygens (including phenoxy) is 1. The van der Waals surface area contributed by atoms with Gasteiger partial charge in [0.15, 0.2) is 0 Å². The van der Waals surface area contributed by atoms with Crippen molar-refractivity contribution >= 4 is 29.1 Å². The largest absolute Gasteiger partial charge is 0.481 e. The Bertz CT molecular complexity index is 656. The number of carbonyl (C=O) groups excluding carboxylic acids is 1. The molecule has 2 heterocycles. The van der Waals surface area contributed by atoms with E-state index >= 15 is 0 Å². The smallest absolute Gasteiger partial charge is 0.268 e. The average Bonchev–Trinajstić information content (AvgIpc) is 2.75. The molecule has 1 amide bonds. The van der Waals surface area contributed by atoms with Crippen LogP contribution in [0.25, 0.3) is 0 Å². The molecule has 0 unspecified atom stereocenters. The fraction of sp³-hybridized carbons (Fsp3) is 0.286. The number of nitrogens with zero attached hydrogens (tertiary/aromatic N) is 2. The molecule has 0 bridgehead atoms. The van der Waals surface area contributed by atoms with Crippen LogP contribution < -0.4 is 10.1 Å². The lowest BCUT2D eigenvalue weighted by Gasteiger charge is -2.07. The molecule has 0 radical (unpaired) electrons. The summed E-state index contributed by atoms with van der Waals surface area (Å²) in [6.07, 6.45) is 0.606. The SMILES string of the molecule is COc1cccc(CCNC(=O)c2cc(Cl)c(Cl)n2C)n1. The number of carbonyl (C=O) groups is 1. The lowest BCUT2D eigenvalue weighted by Crippen LogP contribution is -2.27. The van der Waals surface area contributed by atoms with Crippen LogP contribution in [0.3, 0.4) is 0 Å². The van der Waals surface area contributed by atoms with Crippen molar-refractivity contribution < 1.29 is 9.53 Å². The third-order valence-corrected chi connectivity index (χ3v) is 3.85. The Labute approximate surface area is 132 Å². The monoisotopic (exact) mass is 327 g/mol. The quantitative estimate of drug-likeness (QED) is 0.918. The molecule has 1 N–H and O–H groups in total. The molecular formula is C14H15Cl2N3O2. The van der Waals surface area contributed by atoms with Crippen molar-refractivity contribution in [2.24, 2.45) is 7.05 Å². The third kappa shape index (κ3) is 3.68. The second kappa shape index (κ2) is 6.83. The Kier molecular flexibility index (Phi) is 5.09. The maximum atomic E-state index is 12.1. The highest BCUT2D eigenvalue weighted by Gasteiger charge is 2.15. The Balaban J connectivity index is 1.93. The predicted octanol–water partition coefficient (Wildman–Crippen LogP) is 2.71. The highest BCUT2D eigenvalue weighted by Crippen LogP contribution is 2.24. The normalized spacial score (nSPS) is 10.5. The number of hydrogen-bond acceptors (Lipinski definition) is 3. The lowest BCUT2D eigenvalue weighted by molar-refractivity contribution is 0.0946. The first kappa shape index (κ1) is 15.7. The number of nitrogens with one attached hydrogen (secondary N) is 1. The first-order chi connectivity index (χ1) is 10.0. The molecule has 2 aromatic rings. The van der Waals surface area contributed by atoms with Crippen LogP contribution in [-0.2, 0) is 13.5 Å². The number of halogens is 2. The van der Waals surface area contributed by atoms with Crippen molar-refractivity contribution in [2.45, 2.75) is 6.42 Å². The van der Waals surface area contributed by atoms with Crippen LogP contribution in [0.15, 0.2) is 24.3 Å². The van der Waals surface area contributed by atoms with E-state index < -0.39 is 0 Å². The van der Waals surface area contributed by atoms with Crippen LogP contribution in [0, 0.1) is 0 Å². The van der Waals surface area contributed by atoms with Gasteiger partial charge in [-0.15, -0.1) is 0 Å². The highest BCUT2D eigenvalue weighted by atomic mass is 35.5. The fourth-order valence-electron chi connectivity index (χ4n) is 1.87. The summed E-state index contributed by atoms with van der Waals surface area (Å²) in [4.78, 5) is 16.3. The van der Waals surface area contributed by atoms with E-state index in [1.807, 2.05) is 12.1 Å². The summed E-state index contributed by atoms with van der Waals surface area (Å²) in [5.41, 5.74) is 1.26. The fourth-order valence-corrected chi connectivity index (χ4v) is 2.24. The zero-order valence-electron chi connectivity index (χ0n) is 11.7. The summed E-state index contributed by atoms with van der Waals surface area (Å²) in [5, 5.41) is 3.51. The molecule has 0 saturated carbocycles. The molecule has 0 aliphatic carbocycles. The summed E-state index contributed by atoms with van der Waals surface area (Å²) in [6.45, 7) is 0.458. The van der Waals surface area contributed by atoms with Gasteiger partial charge in [-0.2, -0.15) is 0 Å². The van der Waals surface area contributed by atoms with Crippen LogP contribution in [0.5, 0.6) is 5.88 Å². The molecular weight excluding hydrogens is 313 g/mol. The molecule has 2 aromatic heterocycles. The number of amides is 1. The summed E-state index contributed by atoms with van der Waals surface area (Å²) in [5.74, 6) is 0.328. The highest BCUT2D eigenvalue weighted by molar-refractivity contribution is 6.41. The Morgan fingerprint density at radius 2 is 2.19 bits per heavy atom. The van der Waals surface area contributed by atoms with Crippen LogP contribution in [-0.4, -0.2) is 29.1 Å². The first-order valence-corrected chi connectivity index (χ1v) is 7.07. The molecule has 0 aromatic carbocycles. The van der Waals surface area contributed by atoms with Gasteiger partial charge in [-0.05, 0) is 12.1 Å². The van der Waals surface area contributed by atoms with Gasteiger partial charge >= 0.3 is 0 Å². The second-order valence-corrected chi connectivity index (χ2v) is 5.17. The Morgan fingerprint density at radius 1 is 1.43 bits per heavy atom. The minimum atomic E-state index is -0.228. The van der Waals surface area contributed by atoms with Gasteiger partial charge in [0.05, 0.1) is 12.1 Å². The lowest BCUT2D eigenvalue weighted by atomic mass is 10.2. The topological polar surface area (TPSA) is 56.1 Å². The van der Waals surface area contributed by atoms with Crippen LogP contribution in [0.4, 0.5) is 0 Å². The molecule has 0 fully saturated rings. The van der Waals surface area contributed by atoms with Gasteiger partial charge in [0.2, 0.25) is 5.88 Å². The van der Waals surface area contributed by atoms with E-state index in [1.165, 1.54) is 0 Å². The Morgan fingerprint density at radius 3 is 2.81 bits per heavy atom. The molecule has 2 rings (SSSR count). The van der Waals surface area contributed by atoms with E-state index in [9.17, 15) is 4.79 Å². The Hall–Kier alpha value is -1.72. The van der Waals surface area contributed by atoms with Crippen LogP contribution in [0.2, 0.25) is 10.2 Å². The van der Waals surface area contributed by atoms with Crippen molar-refractivity contribution in [1.82, 2.24) is 14.9 Å². The molecule has 0 saturated heterocycles. The van der Waals surface area contributed by atoms with Gasteiger partial charge < -0.3 is 14.6 Å². The number of hydrogen-bond donors (Lipinski definition) is 1. The van der Waals surface area contributed by atoms with E-state index in [0.717, 1.165) is 5.69 Å². The summed E-state index contributed by atoms with van der Waals surface area (Å²) >= 11 is 11.8. The molecule has 7 heteroatoms. The van der Waals surface area contributed by atoms with Crippen molar-refractivity contribution in [1.29, 1.82) is 0 Å². The first-order valence-electron chi connectivity index (χ1n) is 6.31. The second-order valence-electron chi connectivity index (χ2n) is 4.40. The van der Waals surface area contributed by atoms with Crippen molar-refractivity contribution in [3.8, 4) is 5.88 Å². The minimum Gasteiger partial charge on any atom is -0.481 e. The zero-order valence-corrected chi connectivity index (χ0v) is 13.2. The van der Waals surface area contributed by atoms with E-state index in [2.05, 4.69) is 10.3 Å². The molecule has 0 spiro atoms. The summed E-state index contributed by atoms with van der Waals surface area (Å²) in [6, 6.07) is 7.06. The molecule has 0 atom stereocenters. The van der Waals surface area contributed by atoms with E-state index in [0.29, 0.717) is 34.7 Å². The third-order valence-electron chi connectivity index (χ3n) is 3.01. The summed E-state index contributed by atoms with van der Waals surface area (Å²) in [7, 11) is 3.25. The molecule has 0 aliphatic heterocycles. The maximum absolute atomic E-state index is 12.1. The molecule has 21 heavy (non-hydrogen) atoms. The predicted molar refractivity (Wildman–Crippen MR) is 82.3 cm³/mol. The van der Waals surface area contributed by atoms with Crippen LogP contribution in [0.1, 0.15) is 16.2 Å². The van der Waals surface area contributed by atoms with Gasteiger partial charge in [-0.1, -0.05) is 29.3 Å². The van der Waals surface area contributed by atoms with Crippen LogP contribution >= 0.6 is 23.2 Å². The number of methoxy groups -OCH3 is 1. The molecule has 0 aliphatic rings. The van der Waals surface area contributed by atoms with Crippen molar-refractivity contribution in [3.63, 3.8) is 0 Å². The van der Waals surface area contributed by atoms with E-state index in [-0.39, 0.29) is 5.91 Å². The van der Waals surface area contributed by atoms with Gasteiger partial charge in [-0.3, -0.25) is 4.79 Å². The van der Waals surface area contributed by atoms with Gasteiger partial charge in [0.25, 0.3) is 5.91 Å². The van der Waals surface area contributed by atoms with Crippen molar-refractivity contribution in [3.05, 3.63) is 45.8 Å². The van der Waals surface area contributed by atoms with Crippen molar-refractivity contribution in [2.75, 3.05) is 13.7 Å². The van der Waals surface area contributed by atoms with E-state index in [4.69, 9.17) is 27.9 Å². The number of aromatic nitrogens is 2. The molecule has 112 valence electrons. The summed E-state index contributed by atoms with van der Waals surface area (Å²) < 4.78 is 6.60.